The van der Waals surface area contributed by atoms with Crippen LogP contribution in [-0.2, 0) is 23.7 Å². The van der Waals surface area contributed by atoms with E-state index in [2.05, 4.69) is 14.8 Å². The van der Waals surface area contributed by atoms with Gasteiger partial charge in [0.05, 0.1) is 11.7 Å². The molecule has 45 heavy (non-hydrogen) atoms. The van der Waals surface area contributed by atoms with Crippen molar-refractivity contribution in [3.05, 3.63) is 101 Å². The Labute approximate surface area is 264 Å². The van der Waals surface area contributed by atoms with Crippen LogP contribution in [0.25, 0.3) is 11.1 Å². The first-order valence-electron chi connectivity index (χ1n) is 14.2. The van der Waals surface area contributed by atoms with Gasteiger partial charge in [0.1, 0.15) is 23.0 Å². The monoisotopic (exact) mass is 662 g/mol. The Morgan fingerprint density at radius 1 is 1.18 bits per heavy atom. The maximum atomic E-state index is 13.9. The number of benzene rings is 2. The minimum absolute atomic E-state index is 0.0450. The average molecular weight is 663 g/mol. The fourth-order valence-corrected chi connectivity index (χ4v) is 6.48. The highest BCUT2D eigenvalue weighted by Crippen LogP contribution is 2.68. The quantitative estimate of drug-likeness (QED) is 0.0353. The Kier molecular flexibility index (Phi) is 9.81. The van der Waals surface area contributed by atoms with Gasteiger partial charge in [0, 0.05) is 54.2 Å². The number of alkyl halides is 3. The molecule has 4 aromatic rings. The summed E-state index contributed by atoms with van der Waals surface area (Å²) in [5, 5.41) is 4.93. The molecule has 1 fully saturated rings. The molecular weight excluding hydrogens is 630 g/mol. The number of amides is 1. The van der Waals surface area contributed by atoms with Crippen molar-refractivity contribution < 1.29 is 26.7 Å². The van der Waals surface area contributed by atoms with Gasteiger partial charge in [0.2, 0.25) is 6.41 Å². The van der Waals surface area contributed by atoms with Gasteiger partial charge in [0.15, 0.2) is 5.91 Å². The van der Waals surface area contributed by atoms with E-state index in [0.717, 1.165) is 27.9 Å². The molecule has 7 nitrogen and oxygen atoms in total. The highest BCUT2D eigenvalue weighted by molar-refractivity contribution is 7.99. The number of nitrogens with one attached hydrogen (secondary N) is 1. The van der Waals surface area contributed by atoms with Crippen molar-refractivity contribution in [1.82, 2.24) is 19.8 Å². The van der Waals surface area contributed by atoms with Crippen LogP contribution in [0.15, 0.2) is 60.8 Å². The second-order valence-corrected chi connectivity index (χ2v) is 12.0. The van der Waals surface area contributed by atoms with Gasteiger partial charge >= 0.3 is 0 Å². The van der Waals surface area contributed by atoms with Crippen LogP contribution in [-0.4, -0.2) is 32.4 Å². The Morgan fingerprint density at radius 2 is 1.87 bits per heavy atom. The number of pyridine rings is 1. The molecule has 2 aliphatic carbocycles. The van der Waals surface area contributed by atoms with E-state index in [4.69, 9.17) is 5.84 Å². The van der Waals surface area contributed by atoms with Gasteiger partial charge in [-0.1, -0.05) is 39.4 Å². The van der Waals surface area contributed by atoms with Crippen molar-refractivity contribution >= 4 is 33.3 Å². The number of fused-ring (bicyclic) bond motifs is 3. The minimum atomic E-state index is -2.82. The first-order valence-corrected chi connectivity index (χ1v) is 16.0. The number of rotatable bonds is 10. The summed E-state index contributed by atoms with van der Waals surface area (Å²) in [6.45, 7) is 2.10. The molecule has 5 unspecified atom stereocenters. The second-order valence-electron chi connectivity index (χ2n) is 10.8. The zero-order chi connectivity index (χ0) is 32.5. The van der Waals surface area contributed by atoms with E-state index in [1.807, 2.05) is 45.8 Å². The largest absolute Gasteiger partial charge is 0.330 e. The summed E-state index contributed by atoms with van der Waals surface area (Å²) in [5.41, 5.74) is 4.14. The Morgan fingerprint density at radius 3 is 2.47 bits per heavy atom. The fraction of sp³-hybridized carbons (Fsp3) is 0.323. The van der Waals surface area contributed by atoms with Gasteiger partial charge in [-0.2, -0.15) is 13.9 Å². The van der Waals surface area contributed by atoms with Gasteiger partial charge in [-0.3, -0.25) is 19.5 Å². The number of aromatic nitrogens is 3. The lowest BCUT2D eigenvalue weighted by atomic mass is 9.95. The van der Waals surface area contributed by atoms with Crippen LogP contribution in [0.3, 0.4) is 0 Å². The molecule has 0 aliphatic heterocycles. The van der Waals surface area contributed by atoms with E-state index in [1.54, 1.807) is 19.2 Å². The summed E-state index contributed by atoms with van der Waals surface area (Å²) in [5.74, 6) is -0.415. The first-order chi connectivity index (χ1) is 21.5. The van der Waals surface area contributed by atoms with E-state index in [1.165, 1.54) is 28.8 Å². The lowest BCUT2D eigenvalue weighted by Gasteiger charge is -2.25. The molecule has 0 saturated heterocycles. The third-order valence-corrected chi connectivity index (χ3v) is 8.68. The molecule has 2 aromatic carbocycles. The van der Waals surface area contributed by atoms with Crippen molar-refractivity contribution in [2.24, 2.45) is 11.8 Å². The number of carbonyl (C=O) groups excluding carboxylic acids is 1. The molecule has 0 spiro atoms. The van der Waals surface area contributed by atoms with Crippen LogP contribution in [0.5, 0.6) is 0 Å². The van der Waals surface area contributed by atoms with Crippen molar-refractivity contribution in [3.8, 4) is 11.1 Å². The maximum Gasteiger partial charge on any atom is 0.293 e. The van der Waals surface area contributed by atoms with Gasteiger partial charge in [-0.25, -0.2) is 19.0 Å². The number of carbonyl (C=O) groups is 1. The van der Waals surface area contributed by atoms with E-state index in [0.29, 0.717) is 36.2 Å². The number of aryl methyl sites for hydroxylation is 1. The van der Waals surface area contributed by atoms with E-state index >= 15 is 0 Å². The highest BCUT2D eigenvalue weighted by Gasteiger charge is 2.66. The predicted molar refractivity (Wildman–Crippen MR) is 168 cm³/mol. The van der Waals surface area contributed by atoms with Crippen molar-refractivity contribution in [3.63, 3.8) is 0 Å². The predicted octanol–water partition coefficient (Wildman–Crippen LogP) is 7.29. The third kappa shape index (κ3) is 6.71. The minimum Gasteiger partial charge on any atom is -0.330 e. The molecule has 1 amide bonds. The molecule has 3 N–H and O–H groups in total. The average Bonchev–Trinajstić information content (AvgIpc) is 3.66. The number of hydrazine groups is 1. The molecule has 2 aliphatic rings. The van der Waals surface area contributed by atoms with Crippen molar-refractivity contribution in [1.29, 1.82) is 0 Å². The van der Waals surface area contributed by atoms with Crippen LogP contribution >= 0.6 is 21.2 Å². The summed E-state index contributed by atoms with van der Waals surface area (Å²) >= 11 is 1.49. The molecule has 1 saturated carbocycles. The topological polar surface area (TPSA) is 89.1 Å². The molecule has 238 valence electrons. The molecule has 14 heteroatoms. The lowest BCUT2D eigenvalue weighted by Crippen LogP contribution is -2.36. The standard InChI is InChI=1S/C21H20F2N4OS.C10H12F3N2P/c1-29-26-18-6-4-15(5-7-18)19-3-2-8-25-21(19)20(27(24)13-28)11-14-9-16(22)12-17(23)10-14;1-2-15-8-6(7(14-15)9(11)16)4-3-5(4)10(8,12)13/h2-10,12-13,20,26H,11,24H2,1H3;4-5,9H,2-3,16H2,1H3. The molecule has 2 aromatic heterocycles. The summed E-state index contributed by atoms with van der Waals surface area (Å²) in [4.78, 5) is 15.9. The fourth-order valence-electron chi connectivity index (χ4n) is 5.87. The van der Waals surface area contributed by atoms with Crippen LogP contribution in [0, 0.1) is 17.6 Å². The Balaban J connectivity index is 0.000000209. The van der Waals surface area contributed by atoms with Gasteiger partial charge in [-0.15, -0.1) is 0 Å². The van der Waals surface area contributed by atoms with Crippen LogP contribution < -0.4 is 10.6 Å². The van der Waals surface area contributed by atoms with E-state index in [9.17, 15) is 26.7 Å². The smallest absolute Gasteiger partial charge is 0.293 e. The summed E-state index contributed by atoms with van der Waals surface area (Å²) in [7, 11) is 1.99. The number of anilines is 1. The van der Waals surface area contributed by atoms with Crippen LogP contribution in [0.1, 0.15) is 59.4 Å². The zero-order valence-electron chi connectivity index (χ0n) is 24.4. The van der Waals surface area contributed by atoms with Gasteiger partial charge < -0.3 is 4.72 Å². The van der Waals surface area contributed by atoms with Crippen LogP contribution in [0.4, 0.5) is 27.6 Å². The lowest BCUT2D eigenvalue weighted by molar-refractivity contribution is -0.120. The number of nitrogens with two attached hydrogens (primary N) is 1. The summed E-state index contributed by atoms with van der Waals surface area (Å²) in [6.07, 6.45) is 4.59. The number of nitrogens with zero attached hydrogens (tertiary/aromatic N) is 4. The van der Waals surface area contributed by atoms with E-state index in [-0.39, 0.29) is 23.7 Å². The highest BCUT2D eigenvalue weighted by atomic mass is 32.2. The van der Waals surface area contributed by atoms with Gasteiger partial charge in [0.25, 0.3) is 5.92 Å². The van der Waals surface area contributed by atoms with Crippen molar-refractivity contribution in [2.45, 2.75) is 50.1 Å². The van der Waals surface area contributed by atoms with E-state index < -0.39 is 35.4 Å². The summed E-state index contributed by atoms with van der Waals surface area (Å²) < 4.78 is 72.8. The molecule has 6 rings (SSSR count). The van der Waals surface area contributed by atoms with Crippen molar-refractivity contribution in [2.75, 3.05) is 11.0 Å². The van der Waals surface area contributed by atoms with Gasteiger partial charge in [-0.05, 0) is 60.7 Å². The Hall–Kier alpha value is -3.54. The Bertz CT molecular complexity index is 1650. The molecular formula is C31H32F5N6OPS. The summed E-state index contributed by atoms with van der Waals surface area (Å²) in [6, 6.07) is 13.9. The normalized spacial score (nSPS) is 18.6. The first kappa shape index (κ1) is 32.8. The number of halogens is 5. The third-order valence-electron chi connectivity index (χ3n) is 7.92. The molecule has 5 atom stereocenters. The zero-order valence-corrected chi connectivity index (χ0v) is 26.4. The van der Waals surface area contributed by atoms with Crippen LogP contribution in [0.2, 0.25) is 0 Å². The molecule has 0 radical (unpaired) electrons. The SMILES string of the molecule is CCn1nc(C(F)P)c2c1C(F)(F)C1CC21.CSNc1ccc(-c2cccnc2C(Cc2cc(F)cc(F)c2)N(N)C=O)cc1. The second kappa shape index (κ2) is 13.4. The number of hydrogen-bond acceptors (Lipinski definition) is 6. The number of hydrogen-bond donors (Lipinski definition) is 2. The molecule has 2 heterocycles. The molecule has 0 bridgehead atoms. The maximum absolute atomic E-state index is 13.9.